The summed E-state index contributed by atoms with van der Waals surface area (Å²) >= 11 is 12.0. The van der Waals surface area contributed by atoms with Crippen molar-refractivity contribution >= 4 is 40.9 Å². The molecule has 3 amide bonds. The normalized spacial score (nSPS) is 20.9. The van der Waals surface area contributed by atoms with Gasteiger partial charge in [-0.15, -0.1) is 0 Å². The molecule has 2 unspecified atom stereocenters. The highest BCUT2D eigenvalue weighted by atomic mass is 35.5. The lowest BCUT2D eigenvalue weighted by Gasteiger charge is -2.27. The molecule has 2 atom stereocenters. The van der Waals surface area contributed by atoms with Crippen LogP contribution in [0.5, 0.6) is 0 Å². The first-order chi connectivity index (χ1) is 12.8. The molecule has 1 aromatic carbocycles. The quantitative estimate of drug-likeness (QED) is 0.809. The standard InChI is InChI=1S/C19H23Cl2N3O3/c1-12(11-23-6-3-5-17(23)25)22-18(26)16-4-2-7-24(16)19(27)13-8-14(20)10-15(21)9-13/h8-10,12,16H,2-7,11H2,1H3,(H,22,26). The van der Waals surface area contributed by atoms with Gasteiger partial charge in [0.05, 0.1) is 0 Å². The molecule has 146 valence electrons. The number of rotatable bonds is 5. The molecule has 6 nitrogen and oxygen atoms in total. The fourth-order valence-corrected chi connectivity index (χ4v) is 4.26. The number of halogens is 2. The molecule has 3 rings (SSSR count). The molecule has 2 fully saturated rings. The van der Waals surface area contributed by atoms with Gasteiger partial charge in [-0.1, -0.05) is 23.2 Å². The smallest absolute Gasteiger partial charge is 0.254 e. The molecule has 8 heteroatoms. The van der Waals surface area contributed by atoms with E-state index in [9.17, 15) is 14.4 Å². The van der Waals surface area contributed by atoms with Crippen LogP contribution in [0.25, 0.3) is 0 Å². The lowest BCUT2D eigenvalue weighted by Crippen LogP contribution is -2.50. The molecule has 2 aliphatic heterocycles. The first-order valence-corrected chi connectivity index (χ1v) is 9.96. The van der Waals surface area contributed by atoms with Gasteiger partial charge < -0.3 is 15.1 Å². The summed E-state index contributed by atoms with van der Waals surface area (Å²) in [6.07, 6.45) is 2.82. The van der Waals surface area contributed by atoms with Crippen LogP contribution in [-0.2, 0) is 9.59 Å². The summed E-state index contributed by atoms with van der Waals surface area (Å²) < 4.78 is 0. The van der Waals surface area contributed by atoms with Gasteiger partial charge in [-0.05, 0) is 44.4 Å². The Hall–Kier alpha value is -1.79. The Morgan fingerprint density at radius 3 is 2.52 bits per heavy atom. The predicted octanol–water partition coefficient (Wildman–Crippen LogP) is 2.73. The van der Waals surface area contributed by atoms with E-state index in [-0.39, 0.29) is 23.8 Å². The summed E-state index contributed by atoms with van der Waals surface area (Å²) in [5.41, 5.74) is 0.378. The molecule has 0 aromatic heterocycles. The van der Waals surface area contributed by atoms with Crippen LogP contribution in [0.4, 0.5) is 0 Å². The predicted molar refractivity (Wildman–Crippen MR) is 104 cm³/mol. The fraction of sp³-hybridized carbons (Fsp3) is 0.526. The van der Waals surface area contributed by atoms with Crippen molar-refractivity contribution in [3.63, 3.8) is 0 Å². The van der Waals surface area contributed by atoms with Crippen molar-refractivity contribution in [2.75, 3.05) is 19.6 Å². The van der Waals surface area contributed by atoms with E-state index in [1.54, 1.807) is 28.0 Å². The highest BCUT2D eigenvalue weighted by Gasteiger charge is 2.35. The summed E-state index contributed by atoms with van der Waals surface area (Å²) in [5.74, 6) is -0.306. The van der Waals surface area contributed by atoms with Crippen LogP contribution in [0.1, 0.15) is 43.0 Å². The van der Waals surface area contributed by atoms with Crippen molar-refractivity contribution in [1.82, 2.24) is 15.1 Å². The first kappa shape index (κ1) is 20.0. The lowest BCUT2D eigenvalue weighted by molar-refractivity contribution is -0.129. The number of benzene rings is 1. The van der Waals surface area contributed by atoms with Crippen molar-refractivity contribution in [1.29, 1.82) is 0 Å². The van der Waals surface area contributed by atoms with E-state index in [0.717, 1.165) is 19.4 Å². The Morgan fingerprint density at radius 2 is 1.89 bits per heavy atom. The van der Waals surface area contributed by atoms with Crippen molar-refractivity contribution in [3.8, 4) is 0 Å². The van der Waals surface area contributed by atoms with Crippen LogP contribution in [0, 0.1) is 0 Å². The average molecular weight is 412 g/mol. The Labute approximate surface area is 168 Å². The van der Waals surface area contributed by atoms with Gasteiger partial charge in [0.2, 0.25) is 11.8 Å². The molecule has 27 heavy (non-hydrogen) atoms. The second-order valence-corrected chi connectivity index (χ2v) is 8.04. The maximum Gasteiger partial charge on any atom is 0.254 e. The van der Waals surface area contributed by atoms with E-state index in [1.165, 1.54) is 0 Å². The lowest BCUT2D eigenvalue weighted by atomic mass is 10.1. The van der Waals surface area contributed by atoms with Gasteiger partial charge in [-0.3, -0.25) is 14.4 Å². The molecule has 0 saturated carbocycles. The second kappa shape index (κ2) is 8.48. The minimum atomic E-state index is -0.521. The largest absolute Gasteiger partial charge is 0.350 e. The van der Waals surface area contributed by atoms with Crippen LogP contribution in [0.3, 0.4) is 0 Å². The Kier molecular flexibility index (Phi) is 6.27. The van der Waals surface area contributed by atoms with Gasteiger partial charge in [0.25, 0.3) is 5.91 Å². The van der Waals surface area contributed by atoms with Gasteiger partial charge in [-0.25, -0.2) is 0 Å². The Balaban J connectivity index is 1.63. The monoisotopic (exact) mass is 411 g/mol. The van der Waals surface area contributed by atoms with Gasteiger partial charge in [-0.2, -0.15) is 0 Å². The number of carbonyl (C=O) groups excluding carboxylic acids is 3. The number of hydrogen-bond donors (Lipinski definition) is 1. The SMILES string of the molecule is CC(CN1CCCC1=O)NC(=O)C1CCCN1C(=O)c1cc(Cl)cc(Cl)c1. The van der Waals surface area contributed by atoms with Crippen LogP contribution in [-0.4, -0.2) is 59.2 Å². The summed E-state index contributed by atoms with van der Waals surface area (Å²) in [4.78, 5) is 40.7. The van der Waals surface area contributed by atoms with Crippen molar-refractivity contribution in [3.05, 3.63) is 33.8 Å². The van der Waals surface area contributed by atoms with Crippen LogP contribution >= 0.6 is 23.2 Å². The number of carbonyl (C=O) groups is 3. The Bertz CT molecular complexity index is 735. The summed E-state index contributed by atoms with van der Waals surface area (Å²) in [5, 5.41) is 3.72. The first-order valence-electron chi connectivity index (χ1n) is 9.20. The molecule has 1 N–H and O–H groups in total. The summed E-state index contributed by atoms with van der Waals surface area (Å²) in [7, 11) is 0. The van der Waals surface area contributed by atoms with Crippen molar-refractivity contribution < 1.29 is 14.4 Å². The van der Waals surface area contributed by atoms with Crippen LogP contribution in [0.2, 0.25) is 10.0 Å². The zero-order chi connectivity index (χ0) is 19.6. The van der Waals surface area contributed by atoms with Crippen LogP contribution in [0.15, 0.2) is 18.2 Å². The molecule has 2 heterocycles. The van der Waals surface area contributed by atoms with E-state index < -0.39 is 6.04 Å². The van der Waals surface area contributed by atoms with E-state index in [1.807, 2.05) is 6.92 Å². The third-order valence-electron chi connectivity index (χ3n) is 4.98. The fourth-order valence-electron chi connectivity index (χ4n) is 3.74. The van der Waals surface area contributed by atoms with E-state index in [2.05, 4.69) is 5.32 Å². The number of likely N-dealkylation sites (tertiary alicyclic amines) is 2. The highest BCUT2D eigenvalue weighted by molar-refractivity contribution is 6.35. The molecule has 0 spiro atoms. The van der Waals surface area contributed by atoms with E-state index >= 15 is 0 Å². The van der Waals surface area contributed by atoms with Gasteiger partial charge in [0.1, 0.15) is 6.04 Å². The molecule has 0 radical (unpaired) electrons. The number of hydrogen-bond acceptors (Lipinski definition) is 3. The van der Waals surface area contributed by atoms with Crippen molar-refractivity contribution in [2.45, 2.75) is 44.7 Å². The molecular formula is C19H23Cl2N3O3. The number of nitrogens with zero attached hydrogens (tertiary/aromatic N) is 2. The van der Waals surface area contributed by atoms with Crippen LogP contribution < -0.4 is 5.32 Å². The minimum absolute atomic E-state index is 0.131. The minimum Gasteiger partial charge on any atom is -0.350 e. The molecule has 2 saturated heterocycles. The highest BCUT2D eigenvalue weighted by Crippen LogP contribution is 2.24. The summed E-state index contributed by atoms with van der Waals surface area (Å²) in [6, 6.07) is 4.00. The number of nitrogens with one attached hydrogen (secondary N) is 1. The maximum atomic E-state index is 12.8. The third kappa shape index (κ3) is 4.74. The zero-order valence-corrected chi connectivity index (χ0v) is 16.7. The Morgan fingerprint density at radius 1 is 1.19 bits per heavy atom. The van der Waals surface area contributed by atoms with Gasteiger partial charge >= 0.3 is 0 Å². The third-order valence-corrected chi connectivity index (χ3v) is 5.42. The van der Waals surface area contributed by atoms with Gasteiger partial charge in [0.15, 0.2) is 0 Å². The molecule has 2 aliphatic rings. The molecular weight excluding hydrogens is 389 g/mol. The molecule has 1 aromatic rings. The zero-order valence-electron chi connectivity index (χ0n) is 15.2. The maximum absolute atomic E-state index is 12.8. The number of amides is 3. The second-order valence-electron chi connectivity index (χ2n) is 7.17. The molecule has 0 aliphatic carbocycles. The van der Waals surface area contributed by atoms with Crippen molar-refractivity contribution in [2.24, 2.45) is 0 Å². The topological polar surface area (TPSA) is 69.7 Å². The molecule has 0 bridgehead atoms. The average Bonchev–Trinajstić information content (AvgIpc) is 3.23. The summed E-state index contributed by atoms with van der Waals surface area (Å²) in [6.45, 7) is 3.62. The van der Waals surface area contributed by atoms with E-state index in [4.69, 9.17) is 23.2 Å². The van der Waals surface area contributed by atoms with Gasteiger partial charge in [0, 0.05) is 47.7 Å². The van der Waals surface area contributed by atoms with E-state index in [0.29, 0.717) is 41.5 Å².